The maximum Gasteiger partial charge on any atom is 0.237 e. The highest BCUT2D eigenvalue weighted by atomic mass is 35.5. The Morgan fingerprint density at radius 1 is 1.25 bits per heavy atom. The van der Waals surface area contributed by atoms with E-state index in [0.29, 0.717) is 6.54 Å². The molecule has 1 saturated heterocycles. The lowest BCUT2D eigenvalue weighted by Crippen LogP contribution is -2.40. The summed E-state index contributed by atoms with van der Waals surface area (Å²) in [6.07, 6.45) is 6.94. The van der Waals surface area contributed by atoms with Gasteiger partial charge in [-0.15, -0.1) is 12.4 Å². The molecule has 1 aromatic carbocycles. The Hall–Kier alpha value is -1.46. The fraction of sp³-hybridized carbons (Fsp3) is 0.611. The molecule has 1 saturated carbocycles. The van der Waals surface area contributed by atoms with Crippen molar-refractivity contribution in [2.45, 2.75) is 57.2 Å². The maximum absolute atomic E-state index is 12.2. The van der Waals surface area contributed by atoms with E-state index in [9.17, 15) is 4.79 Å². The number of rotatable bonds is 6. The van der Waals surface area contributed by atoms with Gasteiger partial charge in [0.2, 0.25) is 5.91 Å². The standard InChI is InChI=1S/C18H26N2O3.ClH/c1-22-15-9-8-13(12-20-18(21)16-7-4-10-19-16)17(11-15)23-14-5-2-3-6-14;/h8-9,11,14,16,19H,2-7,10,12H2,1H3,(H,20,21);1H. The zero-order chi connectivity index (χ0) is 16.1. The first kappa shape index (κ1) is 18.9. The Kier molecular flexibility index (Phi) is 7.18. The van der Waals surface area contributed by atoms with E-state index in [1.54, 1.807) is 7.11 Å². The molecule has 24 heavy (non-hydrogen) atoms. The number of amides is 1. The minimum atomic E-state index is -0.0487. The lowest BCUT2D eigenvalue weighted by molar-refractivity contribution is -0.122. The van der Waals surface area contributed by atoms with Crippen molar-refractivity contribution in [3.8, 4) is 11.5 Å². The Balaban J connectivity index is 0.00000208. The summed E-state index contributed by atoms with van der Waals surface area (Å²) >= 11 is 0. The molecule has 2 fully saturated rings. The van der Waals surface area contributed by atoms with Crippen LogP contribution < -0.4 is 20.1 Å². The minimum Gasteiger partial charge on any atom is -0.497 e. The molecule has 1 atom stereocenters. The third-order valence-corrected chi connectivity index (χ3v) is 4.70. The molecule has 0 bridgehead atoms. The van der Waals surface area contributed by atoms with Gasteiger partial charge in [0, 0.05) is 18.2 Å². The molecule has 1 unspecified atom stereocenters. The van der Waals surface area contributed by atoms with Gasteiger partial charge in [-0.1, -0.05) is 0 Å². The van der Waals surface area contributed by atoms with Gasteiger partial charge < -0.3 is 20.1 Å². The molecule has 3 rings (SSSR count). The van der Waals surface area contributed by atoms with Crippen LogP contribution >= 0.6 is 12.4 Å². The molecule has 5 nitrogen and oxygen atoms in total. The fourth-order valence-corrected chi connectivity index (χ4v) is 3.32. The molecule has 0 radical (unpaired) electrons. The predicted octanol–water partition coefficient (Wildman–Crippen LogP) is 2.81. The van der Waals surface area contributed by atoms with E-state index in [1.165, 1.54) is 12.8 Å². The lowest BCUT2D eigenvalue weighted by atomic mass is 10.1. The van der Waals surface area contributed by atoms with Gasteiger partial charge in [0.1, 0.15) is 11.5 Å². The van der Waals surface area contributed by atoms with Crippen LogP contribution in [-0.4, -0.2) is 31.7 Å². The third kappa shape index (κ3) is 4.77. The van der Waals surface area contributed by atoms with E-state index in [2.05, 4.69) is 10.6 Å². The number of carbonyl (C=O) groups is 1. The van der Waals surface area contributed by atoms with E-state index in [4.69, 9.17) is 9.47 Å². The molecule has 1 amide bonds. The van der Waals surface area contributed by atoms with Gasteiger partial charge in [-0.25, -0.2) is 0 Å². The van der Waals surface area contributed by atoms with Crippen LogP contribution in [0.15, 0.2) is 18.2 Å². The van der Waals surface area contributed by atoms with Crippen LogP contribution in [0.5, 0.6) is 11.5 Å². The Morgan fingerprint density at radius 2 is 2.04 bits per heavy atom. The zero-order valence-corrected chi connectivity index (χ0v) is 15.0. The van der Waals surface area contributed by atoms with Crippen LogP contribution in [0.2, 0.25) is 0 Å². The highest BCUT2D eigenvalue weighted by Gasteiger charge is 2.22. The molecular formula is C18H27ClN2O3. The minimum absolute atomic E-state index is 0. The molecule has 0 aromatic heterocycles. The summed E-state index contributed by atoms with van der Waals surface area (Å²) in [6.45, 7) is 1.42. The van der Waals surface area contributed by atoms with Crippen molar-refractivity contribution < 1.29 is 14.3 Å². The second-order valence-corrected chi connectivity index (χ2v) is 6.36. The first-order valence-electron chi connectivity index (χ1n) is 8.61. The second kappa shape index (κ2) is 9.14. The van der Waals surface area contributed by atoms with E-state index in [1.807, 2.05) is 18.2 Å². The van der Waals surface area contributed by atoms with Gasteiger partial charge in [0.25, 0.3) is 0 Å². The lowest BCUT2D eigenvalue weighted by Gasteiger charge is -2.18. The van der Waals surface area contributed by atoms with E-state index in [-0.39, 0.29) is 30.5 Å². The topological polar surface area (TPSA) is 59.6 Å². The summed E-state index contributed by atoms with van der Waals surface area (Å²) in [5.74, 6) is 1.69. The number of carbonyl (C=O) groups excluding carboxylic acids is 1. The Bertz CT molecular complexity index is 541. The largest absolute Gasteiger partial charge is 0.497 e. The van der Waals surface area contributed by atoms with Crippen molar-refractivity contribution in [2.75, 3.05) is 13.7 Å². The first-order chi connectivity index (χ1) is 11.3. The van der Waals surface area contributed by atoms with Crippen molar-refractivity contribution >= 4 is 18.3 Å². The smallest absolute Gasteiger partial charge is 0.237 e. The second-order valence-electron chi connectivity index (χ2n) is 6.36. The number of nitrogens with one attached hydrogen (secondary N) is 2. The van der Waals surface area contributed by atoms with Crippen molar-refractivity contribution in [3.05, 3.63) is 23.8 Å². The summed E-state index contributed by atoms with van der Waals surface area (Å²) in [6, 6.07) is 5.77. The van der Waals surface area contributed by atoms with Crippen LogP contribution in [0.1, 0.15) is 44.1 Å². The van der Waals surface area contributed by atoms with Gasteiger partial charge >= 0.3 is 0 Å². The number of hydrogen-bond acceptors (Lipinski definition) is 4. The number of hydrogen-bond donors (Lipinski definition) is 2. The van der Waals surface area contributed by atoms with E-state index < -0.39 is 0 Å². The molecule has 134 valence electrons. The monoisotopic (exact) mass is 354 g/mol. The first-order valence-corrected chi connectivity index (χ1v) is 8.61. The number of methoxy groups -OCH3 is 1. The molecule has 1 aliphatic carbocycles. The molecule has 1 aliphatic heterocycles. The highest BCUT2D eigenvalue weighted by molar-refractivity contribution is 5.85. The van der Waals surface area contributed by atoms with Crippen LogP contribution in [-0.2, 0) is 11.3 Å². The normalized spacial score (nSPS) is 20.5. The molecule has 0 spiro atoms. The summed E-state index contributed by atoms with van der Waals surface area (Å²) in [5.41, 5.74) is 1.00. The third-order valence-electron chi connectivity index (χ3n) is 4.70. The molecule has 2 aliphatic rings. The average molecular weight is 355 g/mol. The maximum atomic E-state index is 12.2. The Labute approximate surface area is 149 Å². The Morgan fingerprint density at radius 3 is 2.71 bits per heavy atom. The van der Waals surface area contributed by atoms with E-state index in [0.717, 1.165) is 49.3 Å². The molecule has 6 heteroatoms. The van der Waals surface area contributed by atoms with Gasteiger partial charge in [-0.05, 0) is 57.2 Å². The van der Waals surface area contributed by atoms with Crippen molar-refractivity contribution in [3.63, 3.8) is 0 Å². The summed E-state index contributed by atoms with van der Waals surface area (Å²) in [7, 11) is 1.65. The summed E-state index contributed by atoms with van der Waals surface area (Å²) < 4.78 is 11.5. The average Bonchev–Trinajstić information content (AvgIpc) is 3.26. The van der Waals surface area contributed by atoms with Crippen LogP contribution in [0, 0.1) is 0 Å². The molecule has 1 aromatic rings. The highest BCUT2D eigenvalue weighted by Crippen LogP contribution is 2.30. The van der Waals surface area contributed by atoms with Gasteiger partial charge in [-0.3, -0.25) is 4.79 Å². The summed E-state index contributed by atoms with van der Waals surface area (Å²) in [5, 5.41) is 6.24. The summed E-state index contributed by atoms with van der Waals surface area (Å²) in [4.78, 5) is 12.2. The SMILES string of the molecule is COc1ccc(CNC(=O)C2CCCN2)c(OC2CCCC2)c1.Cl. The van der Waals surface area contributed by atoms with Crippen LogP contribution in [0.25, 0.3) is 0 Å². The van der Waals surface area contributed by atoms with Crippen LogP contribution in [0.4, 0.5) is 0 Å². The van der Waals surface area contributed by atoms with Crippen LogP contribution in [0.3, 0.4) is 0 Å². The molecule has 1 heterocycles. The van der Waals surface area contributed by atoms with Gasteiger partial charge in [-0.2, -0.15) is 0 Å². The number of benzene rings is 1. The molecular weight excluding hydrogens is 328 g/mol. The molecule has 2 N–H and O–H groups in total. The fourth-order valence-electron chi connectivity index (χ4n) is 3.32. The van der Waals surface area contributed by atoms with Crippen molar-refractivity contribution in [1.29, 1.82) is 0 Å². The predicted molar refractivity (Wildman–Crippen MR) is 96.0 cm³/mol. The quantitative estimate of drug-likeness (QED) is 0.824. The van der Waals surface area contributed by atoms with Crippen molar-refractivity contribution in [2.24, 2.45) is 0 Å². The van der Waals surface area contributed by atoms with Gasteiger partial charge in [0.05, 0.1) is 19.3 Å². The zero-order valence-electron chi connectivity index (χ0n) is 14.2. The number of halogens is 1. The van der Waals surface area contributed by atoms with Crippen molar-refractivity contribution in [1.82, 2.24) is 10.6 Å². The van der Waals surface area contributed by atoms with Gasteiger partial charge in [0.15, 0.2) is 0 Å². The van der Waals surface area contributed by atoms with E-state index >= 15 is 0 Å². The number of ether oxygens (including phenoxy) is 2.